The number of hydrogen-bond donors (Lipinski definition) is 2. The van der Waals surface area contributed by atoms with Crippen LogP contribution in [0, 0.1) is 11.8 Å². The topological polar surface area (TPSA) is 61.4 Å². The Kier molecular flexibility index (Phi) is 6.57. The van der Waals surface area contributed by atoms with Crippen molar-refractivity contribution in [2.24, 2.45) is 11.8 Å². The van der Waals surface area contributed by atoms with E-state index in [-0.39, 0.29) is 18.0 Å². The van der Waals surface area contributed by atoms with Crippen LogP contribution in [-0.2, 0) is 0 Å². The molecule has 0 fully saturated rings. The maximum Gasteiger partial charge on any atom is 0.256 e. The molecule has 2 N–H and O–H groups in total. The predicted molar refractivity (Wildman–Crippen MR) is 117 cm³/mol. The number of fused-ring (bicyclic) bond motifs is 1. The van der Waals surface area contributed by atoms with Crippen LogP contribution in [0.3, 0.4) is 0 Å². The second-order valence-corrected chi connectivity index (χ2v) is 8.50. The highest BCUT2D eigenvalue weighted by molar-refractivity contribution is 5.99. The Morgan fingerprint density at radius 1 is 1.00 bits per heavy atom. The van der Waals surface area contributed by atoms with Gasteiger partial charge in [-0.1, -0.05) is 45.9 Å². The van der Waals surface area contributed by atoms with Crippen molar-refractivity contribution < 1.29 is 9.59 Å². The number of anilines is 1. The molecule has 0 spiro atoms. The molecule has 0 aromatic heterocycles. The SMILES string of the molecule is CC(C)CCN1C(=O)c2ccccc2C1Nc1ccc(C(=O)NCC(C)C)cc1. The van der Waals surface area contributed by atoms with E-state index in [9.17, 15) is 9.59 Å². The fraction of sp³-hybridized carbons (Fsp3) is 0.417. The highest BCUT2D eigenvalue weighted by Gasteiger charge is 2.36. The second-order valence-electron chi connectivity index (χ2n) is 8.50. The zero-order chi connectivity index (χ0) is 21.0. The van der Waals surface area contributed by atoms with Gasteiger partial charge in [-0.15, -0.1) is 0 Å². The smallest absolute Gasteiger partial charge is 0.256 e. The summed E-state index contributed by atoms with van der Waals surface area (Å²) in [5.74, 6) is 0.945. The van der Waals surface area contributed by atoms with Crippen LogP contribution in [0.5, 0.6) is 0 Å². The van der Waals surface area contributed by atoms with E-state index in [2.05, 4.69) is 38.3 Å². The molecule has 5 heteroatoms. The monoisotopic (exact) mass is 393 g/mol. The Hall–Kier alpha value is -2.82. The Morgan fingerprint density at radius 2 is 1.69 bits per heavy atom. The zero-order valence-corrected chi connectivity index (χ0v) is 17.7. The molecule has 154 valence electrons. The molecule has 0 saturated carbocycles. The quantitative estimate of drug-likeness (QED) is 0.684. The van der Waals surface area contributed by atoms with Crippen molar-refractivity contribution in [3.63, 3.8) is 0 Å². The first-order valence-electron chi connectivity index (χ1n) is 10.4. The van der Waals surface area contributed by atoms with Crippen molar-refractivity contribution in [1.82, 2.24) is 10.2 Å². The summed E-state index contributed by atoms with van der Waals surface area (Å²) in [4.78, 5) is 27.1. The Bertz CT molecular complexity index is 859. The van der Waals surface area contributed by atoms with Crippen LogP contribution < -0.4 is 10.6 Å². The summed E-state index contributed by atoms with van der Waals surface area (Å²) in [7, 11) is 0. The van der Waals surface area contributed by atoms with Gasteiger partial charge >= 0.3 is 0 Å². The van der Waals surface area contributed by atoms with E-state index in [0.29, 0.717) is 30.5 Å². The number of nitrogens with one attached hydrogen (secondary N) is 2. The molecule has 0 saturated heterocycles. The van der Waals surface area contributed by atoms with Crippen LogP contribution in [0.25, 0.3) is 0 Å². The molecule has 3 rings (SSSR count). The molecule has 0 radical (unpaired) electrons. The first kappa shape index (κ1) is 20.9. The molecule has 2 aromatic rings. The third-order valence-corrected chi connectivity index (χ3v) is 5.13. The van der Waals surface area contributed by atoms with Gasteiger partial charge in [-0.2, -0.15) is 0 Å². The Morgan fingerprint density at radius 3 is 2.34 bits per heavy atom. The predicted octanol–water partition coefficient (Wildman–Crippen LogP) is 4.69. The number of amides is 2. The fourth-order valence-corrected chi connectivity index (χ4v) is 3.43. The summed E-state index contributed by atoms with van der Waals surface area (Å²) in [6, 6.07) is 15.2. The van der Waals surface area contributed by atoms with E-state index in [1.807, 2.05) is 53.4 Å². The molecule has 0 aliphatic carbocycles. The third kappa shape index (κ3) is 4.97. The van der Waals surface area contributed by atoms with Crippen molar-refractivity contribution in [2.75, 3.05) is 18.4 Å². The van der Waals surface area contributed by atoms with Crippen LogP contribution in [0.15, 0.2) is 48.5 Å². The Balaban J connectivity index is 1.76. The minimum Gasteiger partial charge on any atom is -0.361 e. The highest BCUT2D eigenvalue weighted by atomic mass is 16.2. The number of rotatable bonds is 8. The lowest BCUT2D eigenvalue weighted by Gasteiger charge is -2.28. The van der Waals surface area contributed by atoms with Crippen molar-refractivity contribution in [1.29, 1.82) is 0 Å². The van der Waals surface area contributed by atoms with Gasteiger partial charge in [-0.25, -0.2) is 0 Å². The van der Waals surface area contributed by atoms with Gasteiger partial charge in [0.2, 0.25) is 0 Å². The van der Waals surface area contributed by atoms with Gasteiger partial charge in [-0.3, -0.25) is 9.59 Å². The van der Waals surface area contributed by atoms with Crippen LogP contribution >= 0.6 is 0 Å². The zero-order valence-electron chi connectivity index (χ0n) is 17.7. The van der Waals surface area contributed by atoms with Crippen molar-refractivity contribution in [2.45, 2.75) is 40.3 Å². The van der Waals surface area contributed by atoms with E-state index >= 15 is 0 Å². The first-order chi connectivity index (χ1) is 13.9. The van der Waals surface area contributed by atoms with Gasteiger partial charge in [0.05, 0.1) is 0 Å². The summed E-state index contributed by atoms with van der Waals surface area (Å²) in [5, 5.41) is 6.42. The first-order valence-corrected chi connectivity index (χ1v) is 10.4. The van der Waals surface area contributed by atoms with Crippen LogP contribution in [0.2, 0.25) is 0 Å². The maximum atomic E-state index is 12.9. The van der Waals surface area contributed by atoms with E-state index in [1.165, 1.54) is 0 Å². The van der Waals surface area contributed by atoms with Crippen LogP contribution in [0.1, 0.15) is 66.6 Å². The molecule has 1 aliphatic rings. The molecule has 1 atom stereocenters. The lowest BCUT2D eigenvalue weighted by Crippen LogP contribution is -2.33. The number of carbonyl (C=O) groups is 2. The van der Waals surface area contributed by atoms with Crippen molar-refractivity contribution >= 4 is 17.5 Å². The maximum absolute atomic E-state index is 12.9. The summed E-state index contributed by atoms with van der Waals surface area (Å²) in [6.45, 7) is 9.83. The largest absolute Gasteiger partial charge is 0.361 e. The van der Waals surface area contributed by atoms with Crippen LogP contribution in [-0.4, -0.2) is 29.8 Å². The van der Waals surface area contributed by atoms with Gasteiger partial charge in [-0.05, 0) is 48.6 Å². The number of benzene rings is 2. The van der Waals surface area contributed by atoms with E-state index in [4.69, 9.17) is 0 Å². The number of nitrogens with zero attached hydrogens (tertiary/aromatic N) is 1. The van der Waals surface area contributed by atoms with Crippen LogP contribution in [0.4, 0.5) is 5.69 Å². The van der Waals surface area contributed by atoms with Gasteiger partial charge in [0.15, 0.2) is 0 Å². The highest BCUT2D eigenvalue weighted by Crippen LogP contribution is 2.34. The molecule has 5 nitrogen and oxygen atoms in total. The molecular weight excluding hydrogens is 362 g/mol. The average Bonchev–Trinajstić information content (AvgIpc) is 2.96. The van der Waals surface area contributed by atoms with E-state index in [1.54, 1.807) is 0 Å². The van der Waals surface area contributed by atoms with E-state index < -0.39 is 0 Å². The Labute approximate surface area is 173 Å². The van der Waals surface area contributed by atoms with Gasteiger partial charge < -0.3 is 15.5 Å². The molecule has 2 amide bonds. The lowest BCUT2D eigenvalue weighted by molar-refractivity contribution is 0.0734. The van der Waals surface area contributed by atoms with Crippen molar-refractivity contribution in [3.05, 3.63) is 65.2 Å². The lowest BCUT2D eigenvalue weighted by atomic mass is 10.1. The van der Waals surface area contributed by atoms with Gasteiger partial charge in [0.25, 0.3) is 11.8 Å². The molecule has 1 unspecified atom stereocenters. The standard InChI is InChI=1S/C24H31N3O2/c1-16(2)13-14-27-22(20-7-5-6-8-21(20)24(27)29)26-19-11-9-18(10-12-19)23(28)25-15-17(3)4/h5-12,16-17,22,26H,13-15H2,1-4H3,(H,25,28). The fourth-order valence-electron chi connectivity index (χ4n) is 3.43. The van der Waals surface area contributed by atoms with E-state index in [0.717, 1.165) is 23.2 Å². The molecule has 0 bridgehead atoms. The second kappa shape index (κ2) is 9.12. The molecule has 1 heterocycles. The molecule has 2 aromatic carbocycles. The normalized spacial score (nSPS) is 15.7. The molecule has 1 aliphatic heterocycles. The van der Waals surface area contributed by atoms with Crippen molar-refractivity contribution in [3.8, 4) is 0 Å². The molecule has 29 heavy (non-hydrogen) atoms. The molecular formula is C24H31N3O2. The number of carbonyl (C=O) groups excluding carboxylic acids is 2. The summed E-state index contributed by atoms with van der Waals surface area (Å²) < 4.78 is 0. The summed E-state index contributed by atoms with van der Waals surface area (Å²) in [6.07, 6.45) is 0.755. The average molecular weight is 394 g/mol. The summed E-state index contributed by atoms with van der Waals surface area (Å²) in [5.41, 5.74) is 3.28. The third-order valence-electron chi connectivity index (χ3n) is 5.13. The minimum atomic E-state index is -0.196. The summed E-state index contributed by atoms with van der Waals surface area (Å²) >= 11 is 0. The van der Waals surface area contributed by atoms with Gasteiger partial charge in [0, 0.05) is 35.5 Å². The van der Waals surface area contributed by atoms with Gasteiger partial charge in [0.1, 0.15) is 6.17 Å². The number of hydrogen-bond acceptors (Lipinski definition) is 3. The minimum absolute atomic E-state index is 0.0646.